The van der Waals surface area contributed by atoms with Crippen molar-refractivity contribution in [2.24, 2.45) is 5.92 Å². The lowest BCUT2D eigenvalue weighted by atomic mass is 9.88. The molecule has 0 fully saturated rings. The molecule has 5 nitrogen and oxygen atoms in total. The number of nitrogens with zero attached hydrogens (tertiary/aromatic N) is 2. The summed E-state index contributed by atoms with van der Waals surface area (Å²) >= 11 is 0. The summed E-state index contributed by atoms with van der Waals surface area (Å²) < 4.78 is 6.01. The van der Waals surface area contributed by atoms with Gasteiger partial charge in [-0.05, 0) is 48.6 Å². The van der Waals surface area contributed by atoms with Crippen LogP contribution in [0, 0.1) is 17.2 Å². The smallest absolute Gasteiger partial charge is 0.120 e. The number of benzene rings is 2. The largest absolute Gasteiger partial charge is 0.489 e. The second-order valence-corrected chi connectivity index (χ2v) is 8.46. The lowest BCUT2D eigenvalue weighted by Crippen LogP contribution is -2.40. The van der Waals surface area contributed by atoms with Gasteiger partial charge in [-0.2, -0.15) is 5.26 Å². The molecule has 1 aromatic heterocycles. The molecule has 0 saturated carbocycles. The van der Waals surface area contributed by atoms with Gasteiger partial charge in [0, 0.05) is 42.7 Å². The third-order valence-corrected chi connectivity index (χ3v) is 6.50. The number of H-pyrrole nitrogens is 1. The van der Waals surface area contributed by atoms with E-state index in [2.05, 4.69) is 59.4 Å². The van der Waals surface area contributed by atoms with Gasteiger partial charge in [-0.1, -0.05) is 48.9 Å². The van der Waals surface area contributed by atoms with Gasteiger partial charge in [-0.25, -0.2) is 0 Å². The van der Waals surface area contributed by atoms with E-state index in [0.29, 0.717) is 6.61 Å². The van der Waals surface area contributed by atoms with Gasteiger partial charge in [0.25, 0.3) is 0 Å². The first-order valence-electron chi connectivity index (χ1n) is 11.4. The van der Waals surface area contributed by atoms with Gasteiger partial charge in [0.2, 0.25) is 0 Å². The number of rotatable bonds is 9. The third kappa shape index (κ3) is 5.04. The van der Waals surface area contributed by atoms with E-state index in [1.165, 1.54) is 16.5 Å². The van der Waals surface area contributed by atoms with E-state index in [0.717, 1.165) is 49.2 Å². The zero-order chi connectivity index (χ0) is 22.3. The summed E-state index contributed by atoms with van der Waals surface area (Å²) in [6.45, 7) is 4.37. The van der Waals surface area contributed by atoms with Crippen molar-refractivity contribution >= 4 is 10.9 Å². The number of ether oxygens (including phenoxy) is 1. The van der Waals surface area contributed by atoms with Crippen LogP contribution in [0.5, 0.6) is 5.75 Å². The number of aromatic nitrogens is 1. The Balaban J connectivity index is 1.42. The van der Waals surface area contributed by atoms with Crippen LogP contribution in [-0.4, -0.2) is 40.7 Å². The maximum atomic E-state index is 9.72. The van der Waals surface area contributed by atoms with Crippen LogP contribution in [0.2, 0.25) is 0 Å². The molecule has 5 heteroatoms. The van der Waals surface area contributed by atoms with E-state index in [1.54, 1.807) is 0 Å². The van der Waals surface area contributed by atoms with Crippen LogP contribution in [-0.2, 0) is 13.0 Å². The fourth-order valence-corrected chi connectivity index (χ4v) is 4.47. The van der Waals surface area contributed by atoms with Crippen LogP contribution < -0.4 is 4.74 Å². The summed E-state index contributed by atoms with van der Waals surface area (Å²) in [5, 5.41) is 20.5. The van der Waals surface area contributed by atoms with Crippen LogP contribution in [0.4, 0.5) is 0 Å². The molecule has 0 amide bonds. The van der Waals surface area contributed by atoms with Crippen LogP contribution >= 0.6 is 0 Å². The highest BCUT2D eigenvalue weighted by Gasteiger charge is 2.26. The quantitative estimate of drug-likeness (QED) is 0.478. The molecular weight excluding hydrogens is 398 g/mol. The molecule has 166 valence electrons. The topological polar surface area (TPSA) is 72.3 Å². The van der Waals surface area contributed by atoms with E-state index in [-0.39, 0.29) is 18.6 Å². The highest BCUT2D eigenvalue weighted by atomic mass is 16.5. The van der Waals surface area contributed by atoms with E-state index >= 15 is 0 Å². The average molecular weight is 430 g/mol. The highest BCUT2D eigenvalue weighted by Crippen LogP contribution is 2.28. The Bertz CT molecular complexity index is 1090. The summed E-state index contributed by atoms with van der Waals surface area (Å²) in [6.07, 6.45) is 6.77. The van der Waals surface area contributed by atoms with Crippen LogP contribution in [0.25, 0.3) is 10.9 Å². The van der Waals surface area contributed by atoms with Gasteiger partial charge in [-0.15, -0.1) is 0 Å². The van der Waals surface area contributed by atoms with E-state index in [4.69, 9.17) is 4.74 Å². The molecular formula is C27H31N3O2. The Hall–Kier alpha value is -3.07. The molecule has 2 N–H and O–H groups in total. The number of aliphatic hydroxyl groups excluding tert-OH is 1. The first-order chi connectivity index (χ1) is 15.7. The Kier molecular flexibility index (Phi) is 7.26. The van der Waals surface area contributed by atoms with Crippen molar-refractivity contribution in [3.63, 3.8) is 0 Å². The summed E-state index contributed by atoms with van der Waals surface area (Å²) in [6, 6.07) is 18.7. The number of fused-ring (bicyclic) bond motifs is 1. The zero-order valence-corrected chi connectivity index (χ0v) is 18.6. The maximum absolute atomic E-state index is 9.72. The molecule has 0 saturated heterocycles. The van der Waals surface area contributed by atoms with Crippen molar-refractivity contribution in [2.75, 3.05) is 19.7 Å². The predicted octanol–water partition coefficient (Wildman–Crippen LogP) is 4.83. The van der Waals surface area contributed by atoms with Gasteiger partial charge < -0.3 is 14.8 Å². The standard InChI is InChI=1S/C27H31N3O2/c1-2-21(18-31)22-10-12-30(24(14-22)16-28)13-11-23-17-29-27-9-8-25(15-26(23)27)32-19-20-6-4-3-5-7-20/h3-10,15,17,21,24,29,31H,2,11-14,18-19H2,1H3. The first kappa shape index (κ1) is 22.1. The van der Waals surface area contributed by atoms with Crippen molar-refractivity contribution in [1.29, 1.82) is 5.26 Å². The molecule has 2 aromatic carbocycles. The van der Waals surface area contributed by atoms with E-state index in [1.807, 2.05) is 24.3 Å². The Morgan fingerprint density at radius 3 is 2.84 bits per heavy atom. The van der Waals surface area contributed by atoms with Gasteiger partial charge in [0.15, 0.2) is 0 Å². The SMILES string of the molecule is CCC(CO)C1=CCN(CCc2c[nH]c3ccc(OCc4ccccc4)cc23)C(C#N)C1. The molecule has 2 unspecified atom stereocenters. The molecule has 0 radical (unpaired) electrons. The van der Waals surface area contributed by atoms with Crippen molar-refractivity contribution in [2.45, 2.75) is 38.8 Å². The number of nitriles is 1. The molecule has 2 heterocycles. The molecule has 32 heavy (non-hydrogen) atoms. The number of aliphatic hydroxyl groups is 1. The van der Waals surface area contributed by atoms with E-state index < -0.39 is 0 Å². The monoisotopic (exact) mass is 429 g/mol. The Morgan fingerprint density at radius 2 is 2.09 bits per heavy atom. The minimum atomic E-state index is -0.134. The highest BCUT2D eigenvalue weighted by molar-refractivity contribution is 5.84. The van der Waals surface area contributed by atoms with Crippen molar-refractivity contribution < 1.29 is 9.84 Å². The summed E-state index contributed by atoms with van der Waals surface area (Å²) in [4.78, 5) is 5.60. The molecule has 0 aliphatic carbocycles. The minimum Gasteiger partial charge on any atom is -0.489 e. The molecule has 1 aliphatic heterocycles. The first-order valence-corrected chi connectivity index (χ1v) is 11.4. The average Bonchev–Trinajstić information content (AvgIpc) is 3.25. The van der Waals surface area contributed by atoms with Gasteiger partial charge in [0.1, 0.15) is 18.4 Å². The van der Waals surface area contributed by atoms with Crippen LogP contribution in [0.1, 0.15) is 30.9 Å². The third-order valence-electron chi connectivity index (χ3n) is 6.50. The molecule has 3 aromatic rings. The summed E-state index contributed by atoms with van der Waals surface area (Å²) in [7, 11) is 0. The molecule has 1 aliphatic rings. The number of aromatic amines is 1. The molecule has 0 bridgehead atoms. The number of hydrogen-bond acceptors (Lipinski definition) is 4. The van der Waals surface area contributed by atoms with Crippen molar-refractivity contribution in [3.05, 3.63) is 77.5 Å². The fraction of sp³-hybridized carbons (Fsp3) is 0.370. The van der Waals surface area contributed by atoms with Gasteiger partial charge in [0.05, 0.1) is 6.07 Å². The maximum Gasteiger partial charge on any atom is 0.120 e. The number of hydrogen-bond donors (Lipinski definition) is 2. The van der Waals surface area contributed by atoms with Gasteiger partial charge in [-0.3, -0.25) is 4.90 Å². The fourth-order valence-electron chi connectivity index (χ4n) is 4.47. The van der Waals surface area contributed by atoms with Crippen molar-refractivity contribution in [1.82, 2.24) is 9.88 Å². The Labute approximate surface area is 189 Å². The number of nitrogens with one attached hydrogen (secondary N) is 1. The van der Waals surface area contributed by atoms with Gasteiger partial charge >= 0.3 is 0 Å². The second kappa shape index (κ2) is 10.5. The normalized spacial score (nSPS) is 17.7. The minimum absolute atomic E-state index is 0.134. The van der Waals surface area contributed by atoms with Crippen LogP contribution in [0.3, 0.4) is 0 Å². The zero-order valence-electron chi connectivity index (χ0n) is 18.6. The molecule has 2 atom stereocenters. The summed E-state index contributed by atoms with van der Waals surface area (Å²) in [5.41, 5.74) is 4.70. The van der Waals surface area contributed by atoms with E-state index in [9.17, 15) is 10.4 Å². The lowest BCUT2D eigenvalue weighted by Gasteiger charge is -2.33. The summed E-state index contributed by atoms with van der Waals surface area (Å²) in [5.74, 6) is 1.04. The molecule has 0 spiro atoms. The molecule has 4 rings (SSSR count). The second-order valence-electron chi connectivity index (χ2n) is 8.46. The van der Waals surface area contributed by atoms with Crippen molar-refractivity contribution in [3.8, 4) is 11.8 Å². The predicted molar refractivity (Wildman–Crippen MR) is 127 cm³/mol. The van der Waals surface area contributed by atoms with Crippen LogP contribution in [0.15, 0.2) is 66.4 Å². The lowest BCUT2D eigenvalue weighted by molar-refractivity contribution is 0.212. The Morgan fingerprint density at radius 1 is 1.25 bits per heavy atom.